The van der Waals surface area contributed by atoms with Gasteiger partial charge in [0.05, 0.1) is 17.9 Å². The van der Waals surface area contributed by atoms with Crippen LogP contribution in [-0.2, 0) is 4.79 Å². The molecule has 1 unspecified atom stereocenters. The number of carbonyl (C=O) groups is 2. The summed E-state index contributed by atoms with van der Waals surface area (Å²) in [7, 11) is 0. The molecule has 0 radical (unpaired) electrons. The molecule has 3 aromatic rings. The lowest BCUT2D eigenvalue weighted by atomic mass is 9.95. The van der Waals surface area contributed by atoms with Crippen molar-refractivity contribution in [3.63, 3.8) is 0 Å². The molecule has 130 valence electrons. The van der Waals surface area contributed by atoms with Crippen molar-refractivity contribution >= 4 is 44.1 Å². The van der Waals surface area contributed by atoms with Crippen LogP contribution in [0.2, 0.25) is 0 Å². The lowest BCUT2D eigenvalue weighted by Crippen LogP contribution is -2.30. The molecule has 4 rings (SSSR count). The largest absolute Gasteiger partial charge is 0.503 e. The van der Waals surface area contributed by atoms with E-state index in [0.29, 0.717) is 10.7 Å². The monoisotopic (exact) mass is 430 g/mol. The summed E-state index contributed by atoms with van der Waals surface area (Å²) in [6.07, 6.45) is 2.93. The van der Waals surface area contributed by atoms with Gasteiger partial charge in [0.15, 0.2) is 16.7 Å². The molecule has 0 aliphatic carbocycles. The second kappa shape index (κ2) is 6.54. The zero-order valence-electron chi connectivity index (χ0n) is 13.1. The fraction of sp³-hybridized carbons (Fsp3) is 0.0556. The van der Waals surface area contributed by atoms with Crippen molar-refractivity contribution in [1.29, 1.82) is 0 Å². The van der Waals surface area contributed by atoms with E-state index in [1.807, 2.05) is 6.07 Å². The summed E-state index contributed by atoms with van der Waals surface area (Å²) >= 11 is 4.65. The number of amides is 1. The average molecular weight is 431 g/mol. The average Bonchev–Trinajstić information content (AvgIpc) is 3.37. The molecule has 0 fully saturated rings. The van der Waals surface area contributed by atoms with E-state index in [1.165, 1.54) is 28.6 Å². The summed E-state index contributed by atoms with van der Waals surface area (Å²) in [5, 5.41) is 12.6. The second-order valence-electron chi connectivity index (χ2n) is 5.52. The number of aliphatic hydroxyl groups is 1. The number of furan rings is 1. The zero-order chi connectivity index (χ0) is 18.3. The molecule has 1 N–H and O–H groups in total. The third-order valence-electron chi connectivity index (χ3n) is 3.99. The number of rotatable bonds is 4. The number of hydrogen-bond acceptors (Lipinski definition) is 6. The van der Waals surface area contributed by atoms with Gasteiger partial charge < -0.3 is 9.52 Å². The Kier molecular flexibility index (Phi) is 4.21. The first-order chi connectivity index (χ1) is 12.6. The van der Waals surface area contributed by atoms with Gasteiger partial charge in [0.1, 0.15) is 0 Å². The highest BCUT2D eigenvalue weighted by atomic mass is 79.9. The Bertz CT molecular complexity index is 1010. The van der Waals surface area contributed by atoms with Gasteiger partial charge in [0.2, 0.25) is 5.78 Å². The van der Waals surface area contributed by atoms with Crippen LogP contribution in [0.25, 0.3) is 0 Å². The first-order valence-electron chi connectivity index (χ1n) is 7.58. The summed E-state index contributed by atoms with van der Waals surface area (Å²) in [6, 6.07) is 9.50. The predicted molar refractivity (Wildman–Crippen MR) is 99.2 cm³/mol. The van der Waals surface area contributed by atoms with Gasteiger partial charge in [-0.3, -0.25) is 14.5 Å². The molecule has 1 aliphatic heterocycles. The van der Waals surface area contributed by atoms with Crippen LogP contribution in [0.5, 0.6) is 0 Å². The van der Waals surface area contributed by atoms with Crippen LogP contribution >= 0.6 is 27.3 Å². The standard InChI is InChI=1S/C18H11BrN2O4S/c19-11-4-1-3-10(9-11)14-13(15(22)12-5-2-7-25-12)16(23)17(24)21(14)18-20-6-8-26-18/h1-9,14,23H. The molecule has 1 aliphatic rings. The SMILES string of the molecule is O=C(C1=C(O)C(=O)N(c2nccs2)C1c1cccc(Br)c1)c1ccco1. The van der Waals surface area contributed by atoms with Crippen molar-refractivity contribution in [2.24, 2.45) is 0 Å². The van der Waals surface area contributed by atoms with Gasteiger partial charge in [-0.2, -0.15) is 0 Å². The lowest BCUT2D eigenvalue weighted by Gasteiger charge is -2.24. The van der Waals surface area contributed by atoms with Crippen molar-refractivity contribution in [3.8, 4) is 0 Å². The molecule has 1 aromatic carbocycles. The van der Waals surface area contributed by atoms with Crippen molar-refractivity contribution in [2.75, 3.05) is 4.90 Å². The number of hydrogen-bond donors (Lipinski definition) is 1. The molecule has 0 saturated heterocycles. The highest BCUT2D eigenvalue weighted by molar-refractivity contribution is 9.10. The van der Waals surface area contributed by atoms with E-state index in [-0.39, 0.29) is 11.3 Å². The van der Waals surface area contributed by atoms with Gasteiger partial charge in [-0.25, -0.2) is 4.98 Å². The Morgan fingerprint density at radius 1 is 1.31 bits per heavy atom. The molecule has 1 amide bonds. The lowest BCUT2D eigenvalue weighted by molar-refractivity contribution is -0.117. The number of carbonyl (C=O) groups excluding carboxylic acids is 2. The third kappa shape index (κ3) is 2.67. The number of ketones is 1. The Morgan fingerprint density at radius 2 is 2.15 bits per heavy atom. The fourth-order valence-electron chi connectivity index (χ4n) is 2.90. The minimum absolute atomic E-state index is 0.0294. The van der Waals surface area contributed by atoms with E-state index in [2.05, 4.69) is 20.9 Å². The maximum Gasteiger partial charge on any atom is 0.296 e. The zero-order valence-corrected chi connectivity index (χ0v) is 15.5. The quantitative estimate of drug-likeness (QED) is 0.624. The summed E-state index contributed by atoms with van der Waals surface area (Å²) in [5.41, 5.74) is 0.639. The number of benzene rings is 1. The molecule has 1 atom stereocenters. The number of Topliss-reactive ketones (excluding diaryl/α,β-unsaturated/α-hetero) is 1. The van der Waals surface area contributed by atoms with Crippen LogP contribution in [0.15, 0.2) is 74.5 Å². The Balaban J connectivity index is 1.89. The Hall–Kier alpha value is -2.71. The topological polar surface area (TPSA) is 83.6 Å². The molecule has 0 saturated carbocycles. The molecule has 2 aromatic heterocycles. The molecular formula is C18H11BrN2O4S. The van der Waals surface area contributed by atoms with Gasteiger partial charge in [0, 0.05) is 16.0 Å². The van der Waals surface area contributed by atoms with Crippen LogP contribution in [0.1, 0.15) is 22.2 Å². The van der Waals surface area contributed by atoms with Crippen molar-refractivity contribution < 1.29 is 19.1 Å². The smallest absolute Gasteiger partial charge is 0.296 e. The minimum atomic E-state index is -0.802. The molecule has 0 spiro atoms. The van der Waals surface area contributed by atoms with Crippen molar-refractivity contribution in [1.82, 2.24) is 4.98 Å². The molecule has 3 heterocycles. The van der Waals surface area contributed by atoms with Crippen LogP contribution in [-0.4, -0.2) is 21.8 Å². The molecule has 0 bridgehead atoms. The van der Waals surface area contributed by atoms with Crippen molar-refractivity contribution in [3.05, 3.63) is 81.4 Å². The maximum absolute atomic E-state index is 12.9. The highest BCUT2D eigenvalue weighted by Gasteiger charge is 2.46. The number of aliphatic hydroxyl groups excluding tert-OH is 1. The molecule has 8 heteroatoms. The Morgan fingerprint density at radius 3 is 2.81 bits per heavy atom. The van der Waals surface area contributed by atoms with Gasteiger partial charge in [-0.1, -0.05) is 28.1 Å². The molecular weight excluding hydrogens is 420 g/mol. The fourth-order valence-corrected chi connectivity index (χ4v) is 3.99. The first kappa shape index (κ1) is 16.7. The number of halogens is 1. The summed E-state index contributed by atoms with van der Waals surface area (Å²) in [5.74, 6) is -1.74. The van der Waals surface area contributed by atoms with E-state index in [9.17, 15) is 14.7 Å². The Labute approximate surface area is 160 Å². The summed E-state index contributed by atoms with van der Waals surface area (Å²) in [4.78, 5) is 31.2. The van der Waals surface area contributed by atoms with Crippen LogP contribution in [0.4, 0.5) is 5.13 Å². The maximum atomic E-state index is 12.9. The van der Waals surface area contributed by atoms with Crippen LogP contribution in [0, 0.1) is 0 Å². The summed E-state index contributed by atoms with van der Waals surface area (Å²) in [6.45, 7) is 0. The van der Waals surface area contributed by atoms with Gasteiger partial charge in [0.25, 0.3) is 5.91 Å². The van der Waals surface area contributed by atoms with E-state index in [0.717, 1.165) is 4.47 Å². The second-order valence-corrected chi connectivity index (χ2v) is 7.30. The van der Waals surface area contributed by atoms with E-state index >= 15 is 0 Å². The number of thiazole rings is 1. The van der Waals surface area contributed by atoms with E-state index in [4.69, 9.17) is 4.42 Å². The first-order valence-corrected chi connectivity index (χ1v) is 9.25. The number of aromatic nitrogens is 1. The van der Waals surface area contributed by atoms with Crippen molar-refractivity contribution in [2.45, 2.75) is 6.04 Å². The van der Waals surface area contributed by atoms with Gasteiger partial charge in [-0.05, 0) is 29.8 Å². The van der Waals surface area contributed by atoms with E-state index in [1.54, 1.807) is 35.8 Å². The van der Waals surface area contributed by atoms with Gasteiger partial charge in [-0.15, -0.1) is 11.3 Å². The number of anilines is 1. The minimum Gasteiger partial charge on any atom is -0.503 e. The summed E-state index contributed by atoms with van der Waals surface area (Å²) < 4.78 is 5.97. The van der Waals surface area contributed by atoms with Crippen LogP contribution in [0.3, 0.4) is 0 Å². The predicted octanol–water partition coefficient (Wildman–Crippen LogP) is 4.28. The third-order valence-corrected chi connectivity index (χ3v) is 5.25. The molecule has 26 heavy (non-hydrogen) atoms. The number of nitrogens with zero attached hydrogens (tertiary/aromatic N) is 2. The van der Waals surface area contributed by atoms with Gasteiger partial charge >= 0.3 is 0 Å². The van der Waals surface area contributed by atoms with Crippen LogP contribution < -0.4 is 4.90 Å². The molecule has 6 nitrogen and oxygen atoms in total. The highest BCUT2D eigenvalue weighted by Crippen LogP contribution is 2.42. The normalized spacial score (nSPS) is 17.2. The van der Waals surface area contributed by atoms with E-state index < -0.39 is 23.5 Å².